The number of nitrogens with one attached hydrogen (secondary N) is 3. The van der Waals surface area contributed by atoms with Crippen LogP contribution < -0.4 is 16.3 Å². The highest BCUT2D eigenvalue weighted by Crippen LogP contribution is 2.18. The number of aromatic nitrogens is 4. The fraction of sp³-hybridized carbons (Fsp3) is 0.455. The second kappa shape index (κ2) is 4.38. The third-order valence-electron chi connectivity index (χ3n) is 2.94. The van der Waals surface area contributed by atoms with Gasteiger partial charge in [0.1, 0.15) is 11.6 Å². The molecule has 0 atom stereocenters. The molecule has 0 aromatic carbocycles. The summed E-state index contributed by atoms with van der Waals surface area (Å²) in [5, 5.41) is 12.0. The van der Waals surface area contributed by atoms with Crippen molar-refractivity contribution in [2.45, 2.75) is 25.8 Å². The van der Waals surface area contributed by atoms with Gasteiger partial charge in [0.05, 0.1) is 6.54 Å². The lowest BCUT2D eigenvalue weighted by Crippen LogP contribution is -2.31. The standard InChI is InChI=1S/C11H14N6O2/c1-6-13-8(4-9-15-16-11(19)17(6)9)12-5-10(18)14-7-2-3-7/h4,7,12H,2-3,5H2,1H3,(H,14,18)(H,16,19). The van der Waals surface area contributed by atoms with Crippen LogP contribution in [-0.4, -0.2) is 38.1 Å². The van der Waals surface area contributed by atoms with Crippen molar-refractivity contribution in [1.29, 1.82) is 0 Å². The van der Waals surface area contributed by atoms with Crippen molar-refractivity contribution in [1.82, 2.24) is 24.9 Å². The van der Waals surface area contributed by atoms with Crippen molar-refractivity contribution in [3.05, 3.63) is 22.4 Å². The molecule has 0 saturated heterocycles. The lowest BCUT2D eigenvalue weighted by Gasteiger charge is -2.07. The Morgan fingerprint density at radius 3 is 3.11 bits per heavy atom. The molecule has 0 unspecified atom stereocenters. The van der Waals surface area contributed by atoms with Crippen molar-refractivity contribution >= 4 is 17.4 Å². The molecule has 0 spiro atoms. The Hall–Kier alpha value is -2.38. The van der Waals surface area contributed by atoms with Crippen LogP contribution in [0.25, 0.3) is 5.65 Å². The van der Waals surface area contributed by atoms with E-state index >= 15 is 0 Å². The molecule has 0 aliphatic heterocycles. The molecule has 1 saturated carbocycles. The maximum atomic E-state index is 11.5. The van der Waals surface area contributed by atoms with Crippen LogP contribution in [0, 0.1) is 6.92 Å². The second-order valence-electron chi connectivity index (χ2n) is 4.61. The van der Waals surface area contributed by atoms with Crippen LogP contribution in [0.2, 0.25) is 0 Å². The van der Waals surface area contributed by atoms with E-state index in [0.29, 0.717) is 23.3 Å². The van der Waals surface area contributed by atoms with Gasteiger partial charge in [0.25, 0.3) is 0 Å². The monoisotopic (exact) mass is 262 g/mol. The highest BCUT2D eigenvalue weighted by Gasteiger charge is 2.22. The number of nitrogens with zero attached hydrogens (tertiary/aromatic N) is 3. The topological polar surface area (TPSA) is 104 Å². The van der Waals surface area contributed by atoms with E-state index in [4.69, 9.17) is 0 Å². The van der Waals surface area contributed by atoms with Gasteiger partial charge in [0.2, 0.25) is 5.91 Å². The zero-order chi connectivity index (χ0) is 13.4. The van der Waals surface area contributed by atoms with Gasteiger partial charge in [-0.3, -0.25) is 4.79 Å². The van der Waals surface area contributed by atoms with Crippen LogP contribution in [0.1, 0.15) is 18.7 Å². The Kier molecular flexibility index (Phi) is 2.69. The number of carbonyl (C=O) groups excluding carboxylic acids is 1. The minimum Gasteiger partial charge on any atom is -0.361 e. The predicted octanol–water partition coefficient (Wildman–Crippen LogP) is -0.583. The Labute approximate surface area is 108 Å². The minimum atomic E-state index is -0.321. The van der Waals surface area contributed by atoms with Crippen LogP contribution in [-0.2, 0) is 4.79 Å². The molecule has 19 heavy (non-hydrogen) atoms. The number of aromatic amines is 1. The second-order valence-corrected chi connectivity index (χ2v) is 4.61. The van der Waals surface area contributed by atoms with Crippen LogP contribution in [0.5, 0.6) is 0 Å². The molecule has 1 aliphatic carbocycles. The molecule has 0 radical (unpaired) electrons. The van der Waals surface area contributed by atoms with Gasteiger partial charge in [-0.05, 0) is 19.8 Å². The summed E-state index contributed by atoms with van der Waals surface area (Å²) in [7, 11) is 0. The molecular formula is C11H14N6O2. The summed E-state index contributed by atoms with van der Waals surface area (Å²) < 4.78 is 1.37. The van der Waals surface area contributed by atoms with E-state index < -0.39 is 0 Å². The molecular weight excluding hydrogens is 248 g/mol. The average molecular weight is 262 g/mol. The largest absolute Gasteiger partial charge is 0.361 e. The van der Waals surface area contributed by atoms with Crippen molar-refractivity contribution in [3.63, 3.8) is 0 Å². The van der Waals surface area contributed by atoms with E-state index in [1.54, 1.807) is 13.0 Å². The minimum absolute atomic E-state index is 0.0544. The molecule has 3 N–H and O–H groups in total. The number of fused-ring (bicyclic) bond motifs is 1. The molecule has 3 rings (SSSR count). The zero-order valence-corrected chi connectivity index (χ0v) is 10.4. The Balaban J connectivity index is 1.73. The molecule has 100 valence electrons. The van der Waals surface area contributed by atoms with Gasteiger partial charge >= 0.3 is 5.69 Å². The third kappa shape index (κ3) is 2.42. The SMILES string of the molecule is Cc1nc(NCC(=O)NC2CC2)cc2n[nH]c(=O)n12. The fourth-order valence-corrected chi connectivity index (χ4v) is 1.87. The molecule has 2 aromatic heterocycles. The molecule has 1 fully saturated rings. The van der Waals surface area contributed by atoms with Crippen molar-refractivity contribution < 1.29 is 4.79 Å². The maximum Gasteiger partial charge on any atom is 0.349 e. The number of carbonyl (C=O) groups is 1. The highest BCUT2D eigenvalue weighted by atomic mass is 16.2. The molecule has 2 heterocycles. The van der Waals surface area contributed by atoms with Gasteiger partial charge in [-0.1, -0.05) is 0 Å². The van der Waals surface area contributed by atoms with Gasteiger partial charge in [0, 0.05) is 12.1 Å². The molecule has 8 heteroatoms. The van der Waals surface area contributed by atoms with Gasteiger partial charge in [-0.2, -0.15) is 5.10 Å². The number of anilines is 1. The summed E-state index contributed by atoms with van der Waals surface area (Å²) >= 11 is 0. The average Bonchev–Trinajstić information content (AvgIpc) is 3.09. The summed E-state index contributed by atoms with van der Waals surface area (Å²) in [4.78, 5) is 27.2. The molecule has 0 bridgehead atoms. The summed E-state index contributed by atoms with van der Waals surface area (Å²) in [6.45, 7) is 1.87. The first-order valence-electron chi connectivity index (χ1n) is 6.11. The maximum absolute atomic E-state index is 11.5. The van der Waals surface area contributed by atoms with E-state index in [1.807, 2.05) is 0 Å². The van der Waals surface area contributed by atoms with Gasteiger partial charge in [-0.25, -0.2) is 19.3 Å². The van der Waals surface area contributed by atoms with E-state index in [0.717, 1.165) is 12.8 Å². The number of rotatable bonds is 4. The van der Waals surface area contributed by atoms with E-state index in [-0.39, 0.29) is 18.1 Å². The molecule has 1 aliphatic rings. The van der Waals surface area contributed by atoms with E-state index in [9.17, 15) is 9.59 Å². The van der Waals surface area contributed by atoms with Crippen LogP contribution in [0.3, 0.4) is 0 Å². The Morgan fingerprint density at radius 1 is 1.58 bits per heavy atom. The number of hydrogen-bond acceptors (Lipinski definition) is 5. The van der Waals surface area contributed by atoms with Crippen LogP contribution >= 0.6 is 0 Å². The predicted molar refractivity (Wildman–Crippen MR) is 68.0 cm³/mol. The number of H-pyrrole nitrogens is 1. The van der Waals surface area contributed by atoms with Gasteiger partial charge < -0.3 is 10.6 Å². The molecule has 1 amide bonds. The summed E-state index contributed by atoms with van der Waals surface area (Å²) in [5.74, 6) is 0.984. The van der Waals surface area contributed by atoms with Crippen molar-refractivity contribution in [2.75, 3.05) is 11.9 Å². The van der Waals surface area contributed by atoms with Gasteiger partial charge in [0.15, 0.2) is 5.65 Å². The number of aryl methyl sites for hydroxylation is 1. The first-order chi connectivity index (χ1) is 9.13. The Bertz CT molecular complexity index is 684. The molecule has 2 aromatic rings. The zero-order valence-electron chi connectivity index (χ0n) is 10.4. The third-order valence-corrected chi connectivity index (χ3v) is 2.94. The van der Waals surface area contributed by atoms with Crippen molar-refractivity contribution in [2.24, 2.45) is 0 Å². The lowest BCUT2D eigenvalue weighted by molar-refractivity contribution is -0.119. The van der Waals surface area contributed by atoms with Gasteiger partial charge in [-0.15, -0.1) is 0 Å². The highest BCUT2D eigenvalue weighted by molar-refractivity contribution is 5.81. The smallest absolute Gasteiger partial charge is 0.349 e. The van der Waals surface area contributed by atoms with Crippen LogP contribution in [0.15, 0.2) is 10.9 Å². The number of hydrogen-bond donors (Lipinski definition) is 3. The Morgan fingerprint density at radius 2 is 2.37 bits per heavy atom. The number of amides is 1. The van der Waals surface area contributed by atoms with E-state index in [1.165, 1.54) is 4.40 Å². The van der Waals surface area contributed by atoms with Crippen molar-refractivity contribution in [3.8, 4) is 0 Å². The normalized spacial score (nSPS) is 14.6. The summed E-state index contributed by atoms with van der Waals surface area (Å²) in [5.41, 5.74) is 0.153. The first-order valence-corrected chi connectivity index (χ1v) is 6.11. The van der Waals surface area contributed by atoms with E-state index in [2.05, 4.69) is 25.8 Å². The fourth-order valence-electron chi connectivity index (χ4n) is 1.87. The quantitative estimate of drug-likeness (QED) is 0.683. The lowest BCUT2D eigenvalue weighted by atomic mass is 10.4. The summed E-state index contributed by atoms with van der Waals surface area (Å²) in [6, 6.07) is 1.96. The first kappa shape index (κ1) is 11.7. The summed E-state index contributed by atoms with van der Waals surface area (Å²) in [6.07, 6.45) is 2.12. The van der Waals surface area contributed by atoms with Crippen LogP contribution in [0.4, 0.5) is 5.82 Å². The molecule has 8 nitrogen and oxygen atoms in total.